The number of sulfonamides is 1. The third-order valence-corrected chi connectivity index (χ3v) is 7.89. The molecule has 1 fully saturated rings. The van der Waals surface area contributed by atoms with E-state index in [1.165, 1.54) is 28.6 Å². The molecule has 9 heteroatoms. The fourth-order valence-corrected chi connectivity index (χ4v) is 6.10. The summed E-state index contributed by atoms with van der Waals surface area (Å²) in [5, 5.41) is 6.77. The van der Waals surface area contributed by atoms with Crippen LogP contribution < -0.4 is 0 Å². The predicted octanol–water partition coefficient (Wildman–Crippen LogP) is 3.66. The van der Waals surface area contributed by atoms with Gasteiger partial charge in [0, 0.05) is 37.1 Å². The van der Waals surface area contributed by atoms with Crippen LogP contribution >= 0.6 is 0 Å². The minimum absolute atomic E-state index is 0.118. The Morgan fingerprint density at radius 3 is 2.71 bits per heavy atom. The lowest BCUT2D eigenvalue weighted by Crippen LogP contribution is -2.34. The Balaban J connectivity index is 1.35. The van der Waals surface area contributed by atoms with Crippen molar-refractivity contribution in [2.75, 3.05) is 6.54 Å². The van der Waals surface area contributed by atoms with E-state index in [1.54, 1.807) is 12.4 Å². The van der Waals surface area contributed by atoms with Gasteiger partial charge in [-0.1, -0.05) is 0 Å². The number of H-pyrrole nitrogens is 1. The zero-order valence-electron chi connectivity index (χ0n) is 16.9. The van der Waals surface area contributed by atoms with Crippen molar-refractivity contribution in [1.29, 1.82) is 0 Å². The van der Waals surface area contributed by atoms with Crippen molar-refractivity contribution < 1.29 is 12.8 Å². The highest BCUT2D eigenvalue weighted by Gasteiger charge is 2.38. The lowest BCUT2D eigenvalue weighted by Gasteiger charge is -2.21. The van der Waals surface area contributed by atoms with Gasteiger partial charge in [-0.25, -0.2) is 17.8 Å². The number of aromatic amines is 1. The summed E-state index contributed by atoms with van der Waals surface area (Å²) in [6.45, 7) is 3.06. The maximum absolute atomic E-state index is 13.2. The average molecular weight is 440 g/mol. The number of nitrogens with zero attached hydrogens (tertiary/aromatic N) is 4. The van der Waals surface area contributed by atoms with Crippen LogP contribution in [0.2, 0.25) is 0 Å². The highest BCUT2D eigenvalue weighted by Crippen LogP contribution is 2.31. The maximum Gasteiger partial charge on any atom is 0.243 e. The lowest BCUT2D eigenvalue weighted by atomic mass is 10.1. The summed E-state index contributed by atoms with van der Waals surface area (Å²) < 4.78 is 43.0. The van der Waals surface area contributed by atoms with Crippen molar-refractivity contribution in [3.05, 3.63) is 66.9 Å². The maximum atomic E-state index is 13.2. The Bertz CT molecular complexity index is 1320. The second-order valence-electron chi connectivity index (χ2n) is 8.04. The Morgan fingerprint density at radius 1 is 1.16 bits per heavy atom. The van der Waals surface area contributed by atoms with Gasteiger partial charge < -0.3 is 4.57 Å². The summed E-state index contributed by atoms with van der Waals surface area (Å²) in [5.41, 5.74) is 3.69. The summed E-state index contributed by atoms with van der Waals surface area (Å²) in [7, 11) is -3.65. The van der Waals surface area contributed by atoms with Gasteiger partial charge in [0.25, 0.3) is 0 Å². The fourth-order valence-electron chi connectivity index (χ4n) is 4.38. The first-order valence-electron chi connectivity index (χ1n) is 10.1. The zero-order valence-corrected chi connectivity index (χ0v) is 17.8. The first-order valence-corrected chi connectivity index (χ1v) is 11.6. The molecule has 3 aromatic heterocycles. The van der Waals surface area contributed by atoms with Crippen LogP contribution in [0, 0.1) is 11.7 Å². The molecule has 160 valence electrons. The van der Waals surface area contributed by atoms with Crippen molar-refractivity contribution >= 4 is 21.1 Å². The largest absolute Gasteiger partial charge is 0.346 e. The number of rotatable bonds is 5. The van der Waals surface area contributed by atoms with Crippen molar-refractivity contribution in [3.8, 4) is 11.3 Å². The zero-order chi connectivity index (χ0) is 21.6. The number of pyridine rings is 1. The number of nitrogens with one attached hydrogen (secondary N) is 1. The van der Waals surface area contributed by atoms with Crippen molar-refractivity contribution in [3.63, 3.8) is 0 Å². The van der Waals surface area contributed by atoms with Crippen molar-refractivity contribution in [1.82, 2.24) is 24.1 Å². The molecule has 0 radical (unpaired) electrons. The van der Waals surface area contributed by atoms with E-state index in [4.69, 9.17) is 4.98 Å². The van der Waals surface area contributed by atoms with E-state index in [0.717, 1.165) is 28.7 Å². The van der Waals surface area contributed by atoms with Crippen LogP contribution in [0.1, 0.15) is 13.3 Å². The van der Waals surface area contributed by atoms with Gasteiger partial charge in [0.1, 0.15) is 5.82 Å². The molecule has 1 aliphatic heterocycles. The number of benzene rings is 1. The average Bonchev–Trinajstić information content (AvgIpc) is 3.49. The van der Waals surface area contributed by atoms with Gasteiger partial charge in [0.05, 0.1) is 27.8 Å². The molecule has 0 aliphatic carbocycles. The number of fused-ring (bicyclic) bond motifs is 1. The molecule has 1 saturated heterocycles. The monoisotopic (exact) mass is 439 g/mol. The molecule has 31 heavy (non-hydrogen) atoms. The molecule has 5 rings (SSSR count). The van der Waals surface area contributed by atoms with E-state index in [9.17, 15) is 12.8 Å². The molecule has 2 atom stereocenters. The van der Waals surface area contributed by atoms with Crippen LogP contribution in [0.25, 0.3) is 22.3 Å². The molecule has 1 unspecified atom stereocenters. The summed E-state index contributed by atoms with van der Waals surface area (Å²) in [5.74, 6) is -0.273. The highest BCUT2D eigenvalue weighted by atomic mass is 32.2. The standard InChI is InChI=1S/C22H22FN5O2S/c1-15-10-16(14-28(15)31(29,30)19-4-2-18(23)3-5-19)13-27-9-8-21-22(27)7-6-20(26-21)17-11-24-25-12-17/h2-9,11-12,15-16H,10,13-14H2,1H3,(H,24,25)/t15-,16?/m0/s1. The summed E-state index contributed by atoms with van der Waals surface area (Å²) in [6, 6.07) is 10.9. The van der Waals surface area contributed by atoms with Crippen molar-refractivity contribution in [2.45, 2.75) is 30.8 Å². The molecule has 4 aromatic rings. The minimum Gasteiger partial charge on any atom is -0.346 e. The Kier molecular flexibility index (Phi) is 4.86. The molecule has 1 aliphatic rings. The van der Waals surface area contributed by atoms with Gasteiger partial charge in [-0.05, 0) is 61.7 Å². The Labute approximate surface area is 179 Å². The number of halogens is 1. The van der Waals surface area contributed by atoms with E-state index in [-0.39, 0.29) is 16.9 Å². The Hall–Kier alpha value is -3.04. The van der Waals surface area contributed by atoms with E-state index in [2.05, 4.69) is 14.8 Å². The molecule has 1 aromatic carbocycles. The predicted molar refractivity (Wildman–Crippen MR) is 115 cm³/mol. The van der Waals surface area contributed by atoms with Gasteiger partial charge >= 0.3 is 0 Å². The van der Waals surface area contributed by atoms with E-state index in [0.29, 0.717) is 13.1 Å². The molecule has 0 bridgehead atoms. The van der Waals surface area contributed by atoms with E-state index < -0.39 is 15.8 Å². The highest BCUT2D eigenvalue weighted by molar-refractivity contribution is 7.89. The first kappa shape index (κ1) is 19.9. The lowest BCUT2D eigenvalue weighted by molar-refractivity contribution is 0.399. The second-order valence-corrected chi connectivity index (χ2v) is 9.93. The first-order chi connectivity index (χ1) is 14.9. The number of hydrogen-bond acceptors (Lipinski definition) is 4. The molecule has 0 saturated carbocycles. The van der Waals surface area contributed by atoms with Gasteiger partial charge in [-0.15, -0.1) is 0 Å². The van der Waals surface area contributed by atoms with E-state index in [1.807, 2.05) is 31.3 Å². The molecule has 4 heterocycles. The summed E-state index contributed by atoms with van der Waals surface area (Å²) >= 11 is 0. The molecule has 0 spiro atoms. The van der Waals surface area contributed by atoms with E-state index >= 15 is 0 Å². The Morgan fingerprint density at radius 2 is 1.97 bits per heavy atom. The fraction of sp³-hybridized carbons (Fsp3) is 0.273. The van der Waals surface area contributed by atoms with Gasteiger partial charge in [0.2, 0.25) is 10.0 Å². The van der Waals surface area contributed by atoms with Crippen LogP contribution in [0.3, 0.4) is 0 Å². The molecule has 7 nitrogen and oxygen atoms in total. The number of hydrogen-bond donors (Lipinski definition) is 1. The topological polar surface area (TPSA) is 83.9 Å². The summed E-state index contributed by atoms with van der Waals surface area (Å²) in [4.78, 5) is 4.84. The van der Waals surface area contributed by atoms with Crippen molar-refractivity contribution in [2.24, 2.45) is 5.92 Å². The SMILES string of the molecule is C[C@H]1CC(Cn2ccc3nc(-c4cn[nH]c4)ccc32)CN1S(=O)(=O)c1ccc(F)cc1. The second kappa shape index (κ2) is 7.58. The van der Waals surface area contributed by atoms with Crippen LogP contribution in [-0.2, 0) is 16.6 Å². The third kappa shape index (κ3) is 3.64. The minimum atomic E-state index is -3.65. The normalized spacial score (nSPS) is 19.9. The molecular formula is C22H22FN5O2S. The van der Waals surface area contributed by atoms with Crippen LogP contribution in [0.4, 0.5) is 4.39 Å². The number of aromatic nitrogens is 4. The van der Waals surface area contributed by atoms with Crippen LogP contribution in [0.15, 0.2) is 66.0 Å². The van der Waals surface area contributed by atoms with Crippen LogP contribution in [-0.4, -0.2) is 45.1 Å². The van der Waals surface area contributed by atoms with Crippen LogP contribution in [0.5, 0.6) is 0 Å². The summed E-state index contributed by atoms with van der Waals surface area (Å²) in [6.07, 6.45) is 6.31. The molecular weight excluding hydrogens is 417 g/mol. The van der Waals surface area contributed by atoms with Gasteiger partial charge in [-0.3, -0.25) is 5.10 Å². The van der Waals surface area contributed by atoms with Gasteiger partial charge in [0.15, 0.2) is 0 Å². The van der Waals surface area contributed by atoms with Gasteiger partial charge in [-0.2, -0.15) is 9.40 Å². The molecule has 1 N–H and O–H groups in total. The smallest absolute Gasteiger partial charge is 0.243 e. The quantitative estimate of drug-likeness (QED) is 0.514. The third-order valence-electron chi connectivity index (χ3n) is 5.90. The molecule has 0 amide bonds.